The van der Waals surface area contributed by atoms with Gasteiger partial charge < -0.3 is 14.9 Å². The van der Waals surface area contributed by atoms with Crippen LogP contribution in [-0.2, 0) is 0 Å². The van der Waals surface area contributed by atoms with Gasteiger partial charge in [0.05, 0.1) is 12.1 Å². The Bertz CT molecular complexity index is 784. The molecule has 1 fully saturated rings. The fourth-order valence-electron chi connectivity index (χ4n) is 2.73. The Balaban J connectivity index is 1.67. The molecule has 5 nitrogen and oxygen atoms in total. The molecule has 0 aliphatic carbocycles. The predicted molar refractivity (Wildman–Crippen MR) is 78.6 cm³/mol. The van der Waals surface area contributed by atoms with Crippen LogP contribution in [0.5, 0.6) is 0 Å². The second-order valence-corrected chi connectivity index (χ2v) is 5.37. The molecule has 2 atom stereocenters. The Hall–Kier alpha value is -2.24. The topological polar surface area (TPSA) is 71.2 Å². The van der Waals surface area contributed by atoms with Crippen LogP contribution >= 0.6 is 0 Å². The highest BCUT2D eigenvalue weighted by molar-refractivity contribution is 5.86. The van der Waals surface area contributed by atoms with Gasteiger partial charge in [0.2, 0.25) is 11.7 Å². The maximum Gasteiger partial charge on any atom is 0.244 e. The molecule has 2 N–H and O–H groups in total. The standard InChI is InChI=1S/C16H15N3O2/c20-13-8-14(17-9-13)16-18-15(19-21-16)12-6-5-10-3-1-2-4-11(10)7-12/h1-7,13-14,17,20H,8-9H2/t13?,14-/m0/s1. The molecule has 3 aromatic rings. The lowest BCUT2D eigenvalue weighted by atomic mass is 10.1. The van der Waals surface area contributed by atoms with Crippen LogP contribution in [0.1, 0.15) is 18.4 Å². The Kier molecular flexibility index (Phi) is 2.94. The summed E-state index contributed by atoms with van der Waals surface area (Å²) in [4.78, 5) is 4.45. The minimum atomic E-state index is -0.342. The lowest BCUT2D eigenvalue weighted by Crippen LogP contribution is -2.15. The van der Waals surface area contributed by atoms with Crippen LogP contribution in [0.15, 0.2) is 47.0 Å². The molecule has 0 spiro atoms. The van der Waals surface area contributed by atoms with E-state index >= 15 is 0 Å². The zero-order valence-electron chi connectivity index (χ0n) is 11.4. The summed E-state index contributed by atoms with van der Waals surface area (Å²) in [6, 6.07) is 14.2. The number of nitrogens with zero attached hydrogens (tertiary/aromatic N) is 2. The van der Waals surface area contributed by atoms with E-state index < -0.39 is 0 Å². The van der Waals surface area contributed by atoms with E-state index in [9.17, 15) is 5.11 Å². The molecular formula is C16H15N3O2. The van der Waals surface area contributed by atoms with Crippen molar-refractivity contribution in [3.8, 4) is 11.4 Å². The number of aliphatic hydroxyl groups is 1. The fourth-order valence-corrected chi connectivity index (χ4v) is 2.73. The van der Waals surface area contributed by atoms with Gasteiger partial charge in [0.1, 0.15) is 0 Å². The van der Waals surface area contributed by atoms with Crippen LogP contribution in [0.3, 0.4) is 0 Å². The average Bonchev–Trinajstić information content (AvgIpc) is 3.15. The van der Waals surface area contributed by atoms with E-state index in [4.69, 9.17) is 4.52 Å². The number of benzene rings is 2. The molecule has 4 rings (SSSR count). The SMILES string of the molecule is OC1CN[C@H](c2nc(-c3ccc4ccccc4c3)no2)C1. The number of hydrogen-bond acceptors (Lipinski definition) is 5. The van der Waals surface area contributed by atoms with Gasteiger partial charge in [0.25, 0.3) is 0 Å². The molecule has 1 unspecified atom stereocenters. The van der Waals surface area contributed by atoms with Crippen molar-refractivity contribution in [3.63, 3.8) is 0 Å². The van der Waals surface area contributed by atoms with Gasteiger partial charge in [-0.25, -0.2) is 0 Å². The van der Waals surface area contributed by atoms with Crippen molar-refractivity contribution in [1.82, 2.24) is 15.5 Å². The third-order valence-electron chi connectivity index (χ3n) is 3.86. The molecule has 0 bridgehead atoms. The van der Waals surface area contributed by atoms with Crippen molar-refractivity contribution in [3.05, 3.63) is 48.4 Å². The number of aliphatic hydroxyl groups excluding tert-OH is 1. The normalized spacial score (nSPS) is 22.0. The maximum atomic E-state index is 9.55. The molecule has 1 saturated heterocycles. The van der Waals surface area contributed by atoms with Gasteiger partial charge in [0, 0.05) is 12.1 Å². The molecule has 106 valence electrons. The molecule has 0 radical (unpaired) electrons. The molecule has 0 amide bonds. The third kappa shape index (κ3) is 2.30. The van der Waals surface area contributed by atoms with E-state index in [2.05, 4.69) is 39.7 Å². The fraction of sp³-hybridized carbons (Fsp3) is 0.250. The molecule has 1 aliphatic rings. The van der Waals surface area contributed by atoms with Gasteiger partial charge in [-0.3, -0.25) is 0 Å². The second-order valence-electron chi connectivity index (χ2n) is 5.37. The van der Waals surface area contributed by atoms with Gasteiger partial charge in [-0.05, 0) is 23.3 Å². The first-order valence-electron chi connectivity index (χ1n) is 7.04. The molecule has 2 heterocycles. The summed E-state index contributed by atoms with van der Waals surface area (Å²) in [7, 11) is 0. The lowest BCUT2D eigenvalue weighted by molar-refractivity contribution is 0.191. The van der Waals surface area contributed by atoms with Crippen LogP contribution in [-0.4, -0.2) is 27.9 Å². The molecule has 21 heavy (non-hydrogen) atoms. The van der Waals surface area contributed by atoms with E-state index in [0.717, 1.165) is 10.9 Å². The van der Waals surface area contributed by atoms with E-state index in [1.54, 1.807) is 0 Å². The first-order chi connectivity index (χ1) is 10.3. The smallest absolute Gasteiger partial charge is 0.244 e. The minimum Gasteiger partial charge on any atom is -0.392 e. The Morgan fingerprint density at radius 1 is 1.14 bits per heavy atom. The number of rotatable bonds is 2. The summed E-state index contributed by atoms with van der Waals surface area (Å²) in [5, 5.41) is 19.1. The van der Waals surface area contributed by atoms with Crippen molar-refractivity contribution in [2.45, 2.75) is 18.6 Å². The summed E-state index contributed by atoms with van der Waals surface area (Å²) in [6.07, 6.45) is 0.269. The van der Waals surface area contributed by atoms with Gasteiger partial charge >= 0.3 is 0 Å². The highest BCUT2D eigenvalue weighted by Crippen LogP contribution is 2.26. The number of β-amino-alcohol motifs (C(OH)–C–C–N with tert-alkyl or cyclic N) is 1. The molecule has 1 aliphatic heterocycles. The van der Waals surface area contributed by atoms with Crippen LogP contribution in [0.4, 0.5) is 0 Å². The van der Waals surface area contributed by atoms with E-state index in [-0.39, 0.29) is 12.1 Å². The number of aromatic nitrogens is 2. The largest absolute Gasteiger partial charge is 0.392 e. The minimum absolute atomic E-state index is 0.0540. The summed E-state index contributed by atoms with van der Waals surface area (Å²) in [6.45, 7) is 0.568. The van der Waals surface area contributed by atoms with Gasteiger partial charge in [-0.2, -0.15) is 4.98 Å². The van der Waals surface area contributed by atoms with Gasteiger partial charge in [0.15, 0.2) is 0 Å². The van der Waals surface area contributed by atoms with E-state index in [1.165, 1.54) is 5.39 Å². The Morgan fingerprint density at radius 3 is 2.81 bits per heavy atom. The lowest BCUT2D eigenvalue weighted by Gasteiger charge is -2.02. The van der Waals surface area contributed by atoms with Gasteiger partial charge in [-0.1, -0.05) is 41.6 Å². The van der Waals surface area contributed by atoms with Crippen molar-refractivity contribution >= 4 is 10.8 Å². The van der Waals surface area contributed by atoms with Crippen molar-refractivity contribution < 1.29 is 9.63 Å². The molecule has 1 aromatic heterocycles. The van der Waals surface area contributed by atoms with Crippen LogP contribution in [0.25, 0.3) is 22.2 Å². The summed E-state index contributed by atoms with van der Waals surface area (Å²) >= 11 is 0. The first kappa shape index (κ1) is 12.5. The monoisotopic (exact) mass is 281 g/mol. The average molecular weight is 281 g/mol. The first-order valence-corrected chi connectivity index (χ1v) is 7.04. The summed E-state index contributed by atoms with van der Waals surface area (Å²) in [5.41, 5.74) is 0.933. The molecular weight excluding hydrogens is 266 g/mol. The maximum absolute atomic E-state index is 9.55. The van der Waals surface area contributed by atoms with Crippen LogP contribution < -0.4 is 5.32 Å². The Morgan fingerprint density at radius 2 is 2.00 bits per heavy atom. The molecule has 0 saturated carbocycles. The number of hydrogen-bond donors (Lipinski definition) is 2. The number of fused-ring (bicyclic) bond motifs is 1. The van der Waals surface area contributed by atoms with Crippen molar-refractivity contribution in [2.24, 2.45) is 0 Å². The van der Waals surface area contributed by atoms with E-state index in [1.807, 2.05) is 18.2 Å². The third-order valence-corrected chi connectivity index (χ3v) is 3.86. The van der Waals surface area contributed by atoms with E-state index in [0.29, 0.717) is 24.7 Å². The highest BCUT2D eigenvalue weighted by atomic mass is 16.5. The Labute approximate surface area is 121 Å². The summed E-state index contributed by atoms with van der Waals surface area (Å²) < 4.78 is 5.33. The van der Waals surface area contributed by atoms with Crippen molar-refractivity contribution in [1.29, 1.82) is 0 Å². The quantitative estimate of drug-likeness (QED) is 0.754. The predicted octanol–water partition coefficient (Wildman–Crippen LogP) is 2.29. The molecule has 2 aromatic carbocycles. The van der Waals surface area contributed by atoms with Crippen molar-refractivity contribution in [2.75, 3.05) is 6.54 Å². The molecule has 5 heteroatoms. The second kappa shape index (κ2) is 4.95. The van der Waals surface area contributed by atoms with Crippen LogP contribution in [0.2, 0.25) is 0 Å². The zero-order chi connectivity index (χ0) is 14.2. The van der Waals surface area contributed by atoms with Gasteiger partial charge in [-0.15, -0.1) is 0 Å². The number of nitrogens with one attached hydrogen (secondary N) is 1. The van der Waals surface area contributed by atoms with Crippen LogP contribution in [0, 0.1) is 0 Å². The zero-order valence-corrected chi connectivity index (χ0v) is 11.4. The highest BCUT2D eigenvalue weighted by Gasteiger charge is 2.28. The summed E-state index contributed by atoms with van der Waals surface area (Å²) in [5.74, 6) is 1.12.